The minimum absolute atomic E-state index is 0.274. The van der Waals surface area contributed by atoms with E-state index in [9.17, 15) is 9.59 Å². The van der Waals surface area contributed by atoms with Gasteiger partial charge < -0.3 is 10.6 Å². The Bertz CT molecular complexity index is 531. The third-order valence-corrected chi connectivity index (χ3v) is 3.49. The van der Waals surface area contributed by atoms with E-state index in [2.05, 4.69) is 10.6 Å². The average molecular weight is 325 g/mol. The van der Waals surface area contributed by atoms with Crippen LogP contribution in [-0.2, 0) is 16.0 Å². The van der Waals surface area contributed by atoms with Crippen LogP contribution in [0.2, 0.25) is 5.02 Å². The van der Waals surface area contributed by atoms with Crippen LogP contribution in [0.15, 0.2) is 24.3 Å². The Morgan fingerprint density at radius 3 is 2.05 bits per heavy atom. The normalized spacial score (nSPS) is 11.9. The maximum Gasteiger partial charge on any atom is 0.235 e. The Labute approximate surface area is 137 Å². The van der Waals surface area contributed by atoms with Crippen molar-refractivity contribution in [1.82, 2.24) is 10.6 Å². The molecule has 4 nitrogen and oxygen atoms in total. The third-order valence-electron chi connectivity index (χ3n) is 3.24. The van der Waals surface area contributed by atoms with Crippen molar-refractivity contribution in [2.75, 3.05) is 6.54 Å². The van der Waals surface area contributed by atoms with E-state index in [0.717, 1.165) is 5.56 Å². The molecule has 0 bridgehead atoms. The van der Waals surface area contributed by atoms with Crippen LogP contribution in [0.5, 0.6) is 0 Å². The van der Waals surface area contributed by atoms with Gasteiger partial charge in [0.15, 0.2) is 0 Å². The van der Waals surface area contributed by atoms with Crippen LogP contribution < -0.4 is 10.6 Å². The molecule has 0 unspecified atom stereocenters. The summed E-state index contributed by atoms with van der Waals surface area (Å²) in [6, 6.07) is 7.48. The van der Waals surface area contributed by atoms with Crippen molar-refractivity contribution < 1.29 is 9.59 Å². The molecular weight excluding hydrogens is 300 g/mol. The SMILES string of the molecule is CC(C)(C)NC(=O)C(C)(C)C(=O)NCCc1ccc(Cl)cc1. The van der Waals surface area contributed by atoms with Crippen LogP contribution in [0.4, 0.5) is 0 Å². The summed E-state index contributed by atoms with van der Waals surface area (Å²) in [6.45, 7) is 9.41. The summed E-state index contributed by atoms with van der Waals surface area (Å²) < 4.78 is 0. The molecule has 0 aliphatic rings. The van der Waals surface area contributed by atoms with Gasteiger partial charge in [-0.25, -0.2) is 0 Å². The van der Waals surface area contributed by atoms with Crippen molar-refractivity contribution in [2.45, 2.75) is 46.6 Å². The number of amides is 2. The predicted molar refractivity (Wildman–Crippen MR) is 89.8 cm³/mol. The first-order valence-corrected chi connectivity index (χ1v) is 7.75. The number of rotatable bonds is 5. The zero-order valence-electron chi connectivity index (χ0n) is 13.9. The number of carbonyl (C=O) groups excluding carboxylic acids is 2. The largest absolute Gasteiger partial charge is 0.355 e. The van der Waals surface area contributed by atoms with Gasteiger partial charge in [-0.05, 0) is 58.7 Å². The Kier molecular flexibility index (Phi) is 6.00. The lowest BCUT2D eigenvalue weighted by Crippen LogP contribution is -2.53. The highest BCUT2D eigenvalue weighted by Crippen LogP contribution is 2.17. The van der Waals surface area contributed by atoms with Gasteiger partial charge in [0.2, 0.25) is 11.8 Å². The molecule has 0 radical (unpaired) electrons. The molecule has 0 aliphatic heterocycles. The molecule has 0 atom stereocenters. The predicted octanol–water partition coefficient (Wildman–Crippen LogP) is 2.94. The molecule has 1 rings (SSSR count). The van der Waals surface area contributed by atoms with Gasteiger partial charge in [-0.3, -0.25) is 9.59 Å². The van der Waals surface area contributed by atoms with Crippen LogP contribution in [0.1, 0.15) is 40.2 Å². The lowest BCUT2D eigenvalue weighted by atomic mass is 9.89. The fraction of sp³-hybridized carbons (Fsp3) is 0.529. The number of carbonyl (C=O) groups is 2. The first kappa shape index (κ1) is 18.5. The Balaban J connectivity index is 2.52. The van der Waals surface area contributed by atoms with Crippen LogP contribution in [-0.4, -0.2) is 23.9 Å². The van der Waals surface area contributed by atoms with Gasteiger partial charge in [0.05, 0.1) is 0 Å². The van der Waals surface area contributed by atoms with Gasteiger partial charge in [0, 0.05) is 17.1 Å². The lowest BCUT2D eigenvalue weighted by Gasteiger charge is -2.28. The summed E-state index contributed by atoms with van der Waals surface area (Å²) in [6.07, 6.45) is 0.694. The molecule has 0 aliphatic carbocycles. The fourth-order valence-electron chi connectivity index (χ4n) is 1.79. The Morgan fingerprint density at radius 2 is 1.55 bits per heavy atom. The molecule has 22 heavy (non-hydrogen) atoms. The Morgan fingerprint density at radius 1 is 1.00 bits per heavy atom. The minimum Gasteiger partial charge on any atom is -0.355 e. The molecule has 2 N–H and O–H groups in total. The number of halogens is 1. The standard InChI is InChI=1S/C17H25ClN2O2/c1-16(2,3)20-15(22)17(4,5)14(21)19-11-10-12-6-8-13(18)9-7-12/h6-9H,10-11H2,1-5H3,(H,19,21)(H,20,22). The van der Waals surface area contributed by atoms with Crippen molar-refractivity contribution in [3.63, 3.8) is 0 Å². The monoisotopic (exact) mass is 324 g/mol. The summed E-state index contributed by atoms with van der Waals surface area (Å²) in [5.74, 6) is -0.549. The molecule has 0 spiro atoms. The van der Waals surface area contributed by atoms with Gasteiger partial charge >= 0.3 is 0 Å². The van der Waals surface area contributed by atoms with Gasteiger partial charge in [-0.1, -0.05) is 23.7 Å². The van der Waals surface area contributed by atoms with Crippen LogP contribution in [0.25, 0.3) is 0 Å². The third kappa shape index (κ3) is 5.68. The quantitative estimate of drug-likeness (QED) is 0.818. The topological polar surface area (TPSA) is 58.2 Å². The van der Waals surface area contributed by atoms with Crippen molar-refractivity contribution in [1.29, 1.82) is 0 Å². The highest BCUT2D eigenvalue weighted by Gasteiger charge is 2.37. The van der Waals surface area contributed by atoms with E-state index >= 15 is 0 Å². The zero-order valence-corrected chi connectivity index (χ0v) is 14.7. The summed E-state index contributed by atoms with van der Waals surface area (Å²) in [4.78, 5) is 24.4. The Hall–Kier alpha value is -1.55. The summed E-state index contributed by atoms with van der Waals surface area (Å²) in [7, 11) is 0. The van der Waals surface area contributed by atoms with Gasteiger partial charge in [0.1, 0.15) is 5.41 Å². The van der Waals surface area contributed by atoms with Gasteiger partial charge in [0.25, 0.3) is 0 Å². The molecule has 2 amide bonds. The van der Waals surface area contributed by atoms with Crippen molar-refractivity contribution in [3.05, 3.63) is 34.9 Å². The molecule has 122 valence electrons. The van der Waals surface area contributed by atoms with E-state index in [1.54, 1.807) is 13.8 Å². The summed E-state index contributed by atoms with van der Waals surface area (Å²) >= 11 is 5.83. The van der Waals surface area contributed by atoms with Crippen LogP contribution in [0, 0.1) is 5.41 Å². The van der Waals surface area contributed by atoms with Gasteiger partial charge in [-0.2, -0.15) is 0 Å². The summed E-state index contributed by atoms with van der Waals surface area (Å²) in [5.41, 5.74) is -0.382. The van der Waals surface area contributed by atoms with Crippen LogP contribution >= 0.6 is 11.6 Å². The first-order valence-electron chi connectivity index (χ1n) is 7.38. The summed E-state index contributed by atoms with van der Waals surface area (Å²) in [5, 5.41) is 6.35. The van der Waals surface area contributed by atoms with Crippen molar-refractivity contribution in [2.24, 2.45) is 5.41 Å². The minimum atomic E-state index is -1.10. The number of hydrogen-bond donors (Lipinski definition) is 2. The fourth-order valence-corrected chi connectivity index (χ4v) is 1.92. The molecule has 0 aromatic heterocycles. The zero-order chi connectivity index (χ0) is 17.0. The van der Waals surface area contributed by atoms with E-state index in [1.165, 1.54) is 0 Å². The number of nitrogens with one attached hydrogen (secondary N) is 2. The smallest absolute Gasteiger partial charge is 0.235 e. The van der Waals surface area contributed by atoms with E-state index < -0.39 is 5.41 Å². The molecule has 0 saturated heterocycles. The van der Waals surface area contributed by atoms with E-state index in [4.69, 9.17) is 11.6 Å². The highest BCUT2D eigenvalue weighted by atomic mass is 35.5. The average Bonchev–Trinajstić information content (AvgIpc) is 2.38. The van der Waals surface area contributed by atoms with Crippen molar-refractivity contribution in [3.8, 4) is 0 Å². The van der Waals surface area contributed by atoms with E-state index in [0.29, 0.717) is 18.0 Å². The second-order valence-corrected chi connectivity index (χ2v) is 7.40. The van der Waals surface area contributed by atoms with E-state index in [-0.39, 0.29) is 17.4 Å². The van der Waals surface area contributed by atoms with Crippen LogP contribution in [0.3, 0.4) is 0 Å². The maximum absolute atomic E-state index is 12.2. The first-order chi connectivity index (χ1) is 10.0. The van der Waals surface area contributed by atoms with Gasteiger partial charge in [-0.15, -0.1) is 0 Å². The number of hydrogen-bond acceptors (Lipinski definition) is 2. The molecular formula is C17H25ClN2O2. The lowest BCUT2D eigenvalue weighted by molar-refractivity contribution is -0.142. The van der Waals surface area contributed by atoms with E-state index in [1.807, 2.05) is 45.0 Å². The second kappa shape index (κ2) is 7.14. The highest BCUT2D eigenvalue weighted by molar-refractivity contribution is 6.30. The molecule has 5 heteroatoms. The van der Waals surface area contributed by atoms with Crippen molar-refractivity contribution >= 4 is 23.4 Å². The second-order valence-electron chi connectivity index (χ2n) is 6.96. The maximum atomic E-state index is 12.2. The molecule has 1 aromatic carbocycles. The molecule has 0 saturated carbocycles. The molecule has 0 fully saturated rings. The molecule has 1 aromatic rings. The molecule has 0 heterocycles. The number of benzene rings is 1.